The molecule has 0 spiro atoms. The minimum atomic E-state index is -2.36. The Hall–Kier alpha value is -0.520. The molecule has 88 valence electrons. The van der Waals surface area contributed by atoms with Crippen molar-refractivity contribution < 1.29 is 4.21 Å². The smallest absolute Gasteiger partial charge is 0.0630 e. The molecule has 0 amide bonds. The van der Waals surface area contributed by atoms with Gasteiger partial charge in [-0.2, -0.15) is 0 Å². The van der Waals surface area contributed by atoms with Crippen molar-refractivity contribution in [1.82, 2.24) is 9.29 Å². The van der Waals surface area contributed by atoms with E-state index < -0.39 is 9.71 Å². The highest BCUT2D eigenvalue weighted by Gasteiger charge is 2.34. The normalized spacial score (nSPS) is 24.1. The molecule has 1 aromatic heterocycles. The van der Waals surface area contributed by atoms with Gasteiger partial charge in [-0.25, -0.2) is 8.51 Å². The van der Waals surface area contributed by atoms with E-state index in [4.69, 9.17) is 0 Å². The van der Waals surface area contributed by atoms with E-state index in [2.05, 4.69) is 24.7 Å². The summed E-state index contributed by atoms with van der Waals surface area (Å²) in [5.74, 6) is 4.66. The molecule has 1 atom stereocenters. The Bertz CT molecular complexity index is 468. The Labute approximate surface area is 101 Å². The fourth-order valence-electron chi connectivity index (χ4n) is 1.64. The summed E-state index contributed by atoms with van der Waals surface area (Å²) in [4.78, 5) is 4.72. The molecule has 5 heteroatoms. The summed E-state index contributed by atoms with van der Waals surface area (Å²) in [7, 11) is -2.36. The third-order valence-corrected chi connectivity index (χ3v) is 6.16. The van der Waals surface area contributed by atoms with Crippen LogP contribution < -0.4 is 0 Å². The molecule has 0 bridgehead atoms. The molecule has 0 aliphatic carbocycles. The third kappa shape index (κ3) is 2.26. The van der Waals surface area contributed by atoms with E-state index in [-0.39, 0.29) is 4.75 Å². The summed E-state index contributed by atoms with van der Waals surface area (Å²) in [5.41, 5.74) is 0. The van der Waals surface area contributed by atoms with Crippen LogP contribution in [-0.2, 0) is 9.71 Å². The topological polar surface area (TPSA) is 33.2 Å². The van der Waals surface area contributed by atoms with Gasteiger partial charge in [0.15, 0.2) is 0 Å². The van der Waals surface area contributed by atoms with E-state index in [0.29, 0.717) is 4.90 Å². The van der Waals surface area contributed by atoms with Gasteiger partial charge >= 0.3 is 0 Å². The van der Waals surface area contributed by atoms with E-state index in [0.717, 1.165) is 12.4 Å². The van der Waals surface area contributed by atoms with E-state index in [1.807, 2.05) is 22.1 Å². The molecule has 0 N–H and O–H groups in total. The highest BCUT2D eigenvalue weighted by molar-refractivity contribution is 8.03. The lowest BCUT2D eigenvalue weighted by atomic mass is 10.2. The molecule has 2 rings (SSSR count). The Morgan fingerprint density at radius 1 is 1.62 bits per heavy atom. The van der Waals surface area contributed by atoms with Crippen molar-refractivity contribution in [2.75, 3.05) is 12.4 Å². The van der Waals surface area contributed by atoms with Crippen LogP contribution in [0.4, 0.5) is 0 Å². The van der Waals surface area contributed by atoms with Crippen LogP contribution >= 0.6 is 11.8 Å². The average molecular weight is 256 g/mol. The van der Waals surface area contributed by atoms with Gasteiger partial charge in [0.25, 0.3) is 0 Å². The molecule has 1 unspecified atom stereocenters. The number of pyridine rings is 1. The molecule has 0 radical (unpaired) electrons. The molecule has 16 heavy (non-hydrogen) atoms. The zero-order chi connectivity index (χ0) is 11.8. The predicted molar refractivity (Wildman–Crippen MR) is 71.0 cm³/mol. The SMILES string of the molecule is C=S(=O)(c1cccnc1)N1CSC(C)(C)C1. The minimum Gasteiger partial charge on any atom is -0.263 e. The van der Waals surface area contributed by atoms with Crippen LogP contribution in [0.1, 0.15) is 13.8 Å². The second-order valence-corrected chi connectivity index (χ2v) is 8.42. The lowest BCUT2D eigenvalue weighted by molar-refractivity contribution is 0.489. The van der Waals surface area contributed by atoms with E-state index >= 15 is 0 Å². The molecular weight excluding hydrogens is 240 g/mol. The largest absolute Gasteiger partial charge is 0.263 e. The van der Waals surface area contributed by atoms with Crippen molar-refractivity contribution >= 4 is 27.3 Å². The predicted octanol–water partition coefficient (Wildman–Crippen LogP) is 1.86. The third-order valence-electron chi connectivity index (χ3n) is 2.58. The quantitative estimate of drug-likeness (QED) is 0.757. The van der Waals surface area contributed by atoms with Gasteiger partial charge in [0.1, 0.15) is 0 Å². The van der Waals surface area contributed by atoms with Crippen molar-refractivity contribution in [3.63, 3.8) is 0 Å². The van der Waals surface area contributed by atoms with E-state index in [9.17, 15) is 4.21 Å². The second kappa shape index (κ2) is 4.05. The molecule has 1 aliphatic heterocycles. The Kier molecular flexibility index (Phi) is 3.03. The maximum absolute atomic E-state index is 12.6. The molecule has 1 saturated heterocycles. The fourth-order valence-corrected chi connectivity index (χ4v) is 4.74. The van der Waals surface area contributed by atoms with Crippen LogP contribution in [0.3, 0.4) is 0 Å². The van der Waals surface area contributed by atoms with Gasteiger partial charge in [-0.05, 0) is 31.9 Å². The Morgan fingerprint density at radius 3 is 2.88 bits per heavy atom. The number of thioether (sulfide) groups is 1. The summed E-state index contributed by atoms with van der Waals surface area (Å²) in [6.45, 7) is 5.13. The van der Waals surface area contributed by atoms with Gasteiger partial charge in [0, 0.05) is 23.7 Å². The van der Waals surface area contributed by atoms with Crippen LogP contribution in [0, 0.1) is 0 Å². The highest BCUT2D eigenvalue weighted by atomic mass is 32.2. The number of rotatable bonds is 2. The van der Waals surface area contributed by atoms with Crippen LogP contribution in [0.15, 0.2) is 29.4 Å². The van der Waals surface area contributed by atoms with E-state index in [1.165, 1.54) is 0 Å². The number of nitrogens with zero attached hydrogens (tertiary/aromatic N) is 2. The summed E-state index contributed by atoms with van der Waals surface area (Å²) in [6.07, 6.45) is 3.33. The monoisotopic (exact) mass is 256 g/mol. The number of hydrogen-bond donors (Lipinski definition) is 0. The Balaban J connectivity index is 2.28. The second-order valence-electron chi connectivity index (χ2n) is 4.50. The minimum absolute atomic E-state index is 0.155. The standard InChI is InChI=1S/C11H16N2OS2/c1-11(2)8-13(9-15-11)16(3,14)10-5-4-6-12-7-10/h4-7H,3,8-9H2,1-2H3. The van der Waals surface area contributed by atoms with Crippen LogP contribution in [0.2, 0.25) is 0 Å². The first-order valence-corrected chi connectivity index (χ1v) is 7.75. The van der Waals surface area contributed by atoms with E-state index in [1.54, 1.807) is 18.5 Å². The first-order valence-electron chi connectivity index (χ1n) is 5.08. The van der Waals surface area contributed by atoms with Crippen LogP contribution in [-0.4, -0.2) is 36.5 Å². The van der Waals surface area contributed by atoms with Gasteiger partial charge in [0.2, 0.25) is 0 Å². The van der Waals surface area contributed by atoms with Gasteiger partial charge in [-0.1, -0.05) is 0 Å². The zero-order valence-electron chi connectivity index (χ0n) is 9.55. The molecule has 3 nitrogen and oxygen atoms in total. The lowest BCUT2D eigenvalue weighted by Crippen LogP contribution is -2.32. The van der Waals surface area contributed by atoms with Crippen molar-refractivity contribution in [3.8, 4) is 0 Å². The summed E-state index contributed by atoms with van der Waals surface area (Å²) < 4.78 is 14.7. The fraction of sp³-hybridized carbons (Fsp3) is 0.455. The molecule has 0 aromatic carbocycles. The maximum atomic E-state index is 12.6. The highest BCUT2D eigenvalue weighted by Crippen LogP contribution is 2.36. The van der Waals surface area contributed by atoms with Crippen LogP contribution in [0.5, 0.6) is 0 Å². The zero-order valence-corrected chi connectivity index (χ0v) is 11.2. The first kappa shape index (κ1) is 12.0. The molecule has 1 aromatic rings. The Morgan fingerprint density at radius 2 is 2.38 bits per heavy atom. The van der Waals surface area contributed by atoms with Crippen molar-refractivity contribution in [3.05, 3.63) is 24.5 Å². The number of hydrogen-bond acceptors (Lipinski definition) is 3. The summed E-state index contributed by atoms with van der Waals surface area (Å²) in [6, 6.07) is 3.63. The maximum Gasteiger partial charge on any atom is 0.0630 e. The molecular formula is C11H16N2OS2. The summed E-state index contributed by atoms with van der Waals surface area (Å²) in [5, 5.41) is 0. The average Bonchev–Trinajstić information content (AvgIpc) is 2.61. The lowest BCUT2D eigenvalue weighted by Gasteiger charge is -2.22. The van der Waals surface area contributed by atoms with Crippen molar-refractivity contribution in [2.24, 2.45) is 0 Å². The van der Waals surface area contributed by atoms with Gasteiger partial charge in [0.05, 0.1) is 20.5 Å². The molecule has 1 aliphatic rings. The van der Waals surface area contributed by atoms with Gasteiger partial charge in [-0.3, -0.25) is 4.98 Å². The molecule has 1 fully saturated rings. The summed E-state index contributed by atoms with van der Waals surface area (Å²) >= 11 is 1.82. The van der Waals surface area contributed by atoms with Crippen molar-refractivity contribution in [2.45, 2.75) is 23.5 Å². The van der Waals surface area contributed by atoms with Crippen molar-refractivity contribution in [1.29, 1.82) is 0 Å². The first-order chi connectivity index (χ1) is 7.42. The van der Waals surface area contributed by atoms with Gasteiger partial charge in [-0.15, -0.1) is 11.8 Å². The molecule has 2 heterocycles. The van der Waals surface area contributed by atoms with Gasteiger partial charge < -0.3 is 0 Å². The number of aromatic nitrogens is 1. The van der Waals surface area contributed by atoms with Crippen LogP contribution in [0.25, 0.3) is 0 Å². The molecule has 0 saturated carbocycles.